The van der Waals surface area contributed by atoms with Gasteiger partial charge in [-0.1, -0.05) is 64.4 Å². The Balaban J connectivity index is 1.83. The van der Waals surface area contributed by atoms with Gasteiger partial charge in [0.1, 0.15) is 0 Å². The van der Waals surface area contributed by atoms with E-state index in [-0.39, 0.29) is 16.8 Å². The smallest absolute Gasteiger partial charge is 0.235 e. The van der Waals surface area contributed by atoms with Crippen LogP contribution in [0.2, 0.25) is 0 Å². The number of unbranched alkanes of at least 4 members (excludes halogenated alkanes) is 7. The van der Waals surface area contributed by atoms with Crippen LogP contribution in [0.5, 0.6) is 0 Å². The molecule has 134 valence electrons. The molecule has 0 spiro atoms. The molecule has 0 aliphatic carbocycles. The highest BCUT2D eigenvalue weighted by molar-refractivity contribution is 8.00. The molecule has 1 aliphatic heterocycles. The molecule has 24 heavy (non-hydrogen) atoms. The molecule has 1 aromatic heterocycles. The minimum absolute atomic E-state index is 0.212. The summed E-state index contributed by atoms with van der Waals surface area (Å²) >= 11 is 1.80. The number of rotatable bonds is 11. The van der Waals surface area contributed by atoms with Gasteiger partial charge in [-0.05, 0) is 12.5 Å². The number of thioether (sulfide) groups is 1. The molecule has 5 heteroatoms. The van der Waals surface area contributed by atoms with Gasteiger partial charge >= 0.3 is 0 Å². The molecular weight excluding hydrogens is 318 g/mol. The Hall–Kier alpha value is -1.07. The van der Waals surface area contributed by atoms with Crippen molar-refractivity contribution in [2.45, 2.75) is 75.6 Å². The third-order valence-electron chi connectivity index (χ3n) is 4.76. The summed E-state index contributed by atoms with van der Waals surface area (Å²) in [4.78, 5) is 15.6. The third-order valence-corrected chi connectivity index (χ3v) is 6.31. The molecule has 0 saturated carbocycles. The lowest BCUT2D eigenvalue weighted by atomic mass is 9.99. The van der Waals surface area contributed by atoms with Crippen LogP contribution in [0.3, 0.4) is 0 Å². The van der Waals surface area contributed by atoms with Crippen molar-refractivity contribution in [1.82, 2.24) is 10.3 Å². The lowest BCUT2D eigenvalue weighted by molar-refractivity contribution is -0.119. The molecule has 2 rings (SSSR count). The Morgan fingerprint density at radius 3 is 2.58 bits per heavy atom. The van der Waals surface area contributed by atoms with Gasteiger partial charge in [0.25, 0.3) is 0 Å². The largest absolute Gasteiger partial charge is 0.368 e. The van der Waals surface area contributed by atoms with E-state index in [1.165, 1.54) is 44.9 Å². The molecule has 0 radical (unpaired) electrons. The SMILES string of the molecule is CCCCCCCCCCC1(c2cccnc2)NC(C(N)=O)CS1. The zero-order valence-electron chi connectivity index (χ0n) is 14.8. The molecule has 1 amide bonds. The average Bonchev–Trinajstić information content (AvgIpc) is 3.04. The predicted molar refractivity (Wildman–Crippen MR) is 102 cm³/mol. The van der Waals surface area contributed by atoms with E-state index in [9.17, 15) is 4.79 Å². The van der Waals surface area contributed by atoms with E-state index >= 15 is 0 Å². The Kier molecular flexibility index (Phi) is 8.06. The van der Waals surface area contributed by atoms with Crippen LogP contribution in [-0.2, 0) is 9.67 Å². The quantitative estimate of drug-likeness (QED) is 0.594. The van der Waals surface area contributed by atoms with E-state index in [4.69, 9.17) is 5.73 Å². The second-order valence-corrected chi connectivity index (χ2v) is 8.02. The fourth-order valence-corrected chi connectivity index (χ4v) is 4.81. The lowest BCUT2D eigenvalue weighted by Gasteiger charge is -2.29. The number of nitrogens with zero attached hydrogens (tertiary/aromatic N) is 1. The summed E-state index contributed by atoms with van der Waals surface area (Å²) in [7, 11) is 0. The summed E-state index contributed by atoms with van der Waals surface area (Å²) in [6, 6.07) is 3.82. The van der Waals surface area contributed by atoms with E-state index < -0.39 is 0 Å². The van der Waals surface area contributed by atoms with Gasteiger partial charge < -0.3 is 5.73 Å². The van der Waals surface area contributed by atoms with Crippen LogP contribution in [0.1, 0.15) is 70.3 Å². The van der Waals surface area contributed by atoms with Crippen molar-refractivity contribution in [3.63, 3.8) is 0 Å². The molecule has 0 aromatic carbocycles. The van der Waals surface area contributed by atoms with E-state index in [1.807, 2.05) is 12.3 Å². The fourth-order valence-electron chi connectivity index (χ4n) is 3.31. The van der Waals surface area contributed by atoms with Gasteiger partial charge in [0.2, 0.25) is 5.91 Å². The number of amides is 1. The topological polar surface area (TPSA) is 68.0 Å². The van der Waals surface area contributed by atoms with Crippen molar-refractivity contribution in [2.24, 2.45) is 5.73 Å². The first-order chi connectivity index (χ1) is 11.7. The van der Waals surface area contributed by atoms with Crippen LogP contribution in [0.15, 0.2) is 24.5 Å². The zero-order valence-corrected chi connectivity index (χ0v) is 15.6. The number of primary amides is 1. The molecule has 0 bridgehead atoms. The Morgan fingerprint density at radius 1 is 1.29 bits per heavy atom. The molecule has 1 saturated heterocycles. The normalized spacial score (nSPS) is 23.5. The molecule has 1 aliphatic rings. The number of aromatic nitrogens is 1. The van der Waals surface area contributed by atoms with Crippen LogP contribution in [-0.4, -0.2) is 22.7 Å². The first kappa shape index (κ1) is 19.3. The second-order valence-electron chi connectivity index (χ2n) is 6.70. The highest BCUT2D eigenvalue weighted by atomic mass is 32.2. The van der Waals surface area contributed by atoms with Crippen molar-refractivity contribution in [2.75, 3.05) is 5.75 Å². The van der Waals surface area contributed by atoms with E-state index in [2.05, 4.69) is 23.3 Å². The van der Waals surface area contributed by atoms with Crippen LogP contribution in [0.4, 0.5) is 0 Å². The highest BCUT2D eigenvalue weighted by Gasteiger charge is 2.42. The van der Waals surface area contributed by atoms with Crippen LogP contribution in [0, 0.1) is 0 Å². The van der Waals surface area contributed by atoms with E-state index in [0.717, 1.165) is 24.2 Å². The van der Waals surface area contributed by atoms with E-state index in [1.54, 1.807) is 18.0 Å². The summed E-state index contributed by atoms with van der Waals surface area (Å²) in [6.07, 6.45) is 15.2. The van der Waals surface area contributed by atoms with Gasteiger partial charge in [-0.3, -0.25) is 15.1 Å². The standard InChI is InChI=1S/C19H31N3OS/c1-2-3-4-5-6-7-8-9-12-19(16-11-10-13-21-14-16)22-17(15-24-19)18(20)23/h10-11,13-14,17,22H,2-9,12,15H2,1H3,(H2,20,23). The van der Waals surface area contributed by atoms with Crippen LogP contribution in [0.25, 0.3) is 0 Å². The van der Waals surface area contributed by atoms with Crippen molar-refractivity contribution < 1.29 is 4.79 Å². The summed E-state index contributed by atoms with van der Waals surface area (Å²) < 4.78 is 0. The van der Waals surface area contributed by atoms with Crippen LogP contribution < -0.4 is 11.1 Å². The van der Waals surface area contributed by atoms with Gasteiger partial charge in [-0.15, -0.1) is 11.8 Å². The summed E-state index contributed by atoms with van der Waals surface area (Å²) in [5.74, 6) is 0.477. The van der Waals surface area contributed by atoms with E-state index in [0.29, 0.717) is 0 Å². The molecule has 2 unspecified atom stereocenters. The zero-order chi connectivity index (χ0) is 17.3. The number of hydrogen-bond acceptors (Lipinski definition) is 4. The summed E-state index contributed by atoms with van der Waals surface area (Å²) in [6.45, 7) is 2.25. The second kappa shape index (κ2) is 10.0. The maximum absolute atomic E-state index is 11.6. The Bertz CT molecular complexity index is 497. The van der Waals surface area contributed by atoms with Gasteiger partial charge in [-0.2, -0.15) is 0 Å². The number of hydrogen-bond donors (Lipinski definition) is 2. The fraction of sp³-hybridized carbons (Fsp3) is 0.684. The average molecular weight is 350 g/mol. The third kappa shape index (κ3) is 5.49. The minimum Gasteiger partial charge on any atom is -0.368 e. The molecule has 3 N–H and O–H groups in total. The Labute approximate surface area is 150 Å². The number of carbonyl (C=O) groups is 1. The Morgan fingerprint density at radius 2 is 2.00 bits per heavy atom. The molecule has 2 atom stereocenters. The monoisotopic (exact) mass is 349 g/mol. The van der Waals surface area contributed by atoms with Crippen molar-refractivity contribution >= 4 is 17.7 Å². The van der Waals surface area contributed by atoms with Gasteiger partial charge in [-0.25, -0.2) is 0 Å². The molecule has 2 heterocycles. The van der Waals surface area contributed by atoms with Gasteiger partial charge in [0.05, 0.1) is 10.9 Å². The lowest BCUT2D eigenvalue weighted by Crippen LogP contribution is -2.46. The molecule has 1 aromatic rings. The summed E-state index contributed by atoms with van der Waals surface area (Å²) in [5.41, 5.74) is 6.66. The number of nitrogens with one attached hydrogen (secondary N) is 1. The van der Waals surface area contributed by atoms with Gasteiger partial charge in [0.15, 0.2) is 0 Å². The maximum atomic E-state index is 11.6. The van der Waals surface area contributed by atoms with Gasteiger partial charge in [0, 0.05) is 23.7 Å². The van der Waals surface area contributed by atoms with Crippen molar-refractivity contribution in [3.8, 4) is 0 Å². The highest BCUT2D eigenvalue weighted by Crippen LogP contribution is 2.43. The number of carbonyl (C=O) groups excluding carboxylic acids is 1. The maximum Gasteiger partial charge on any atom is 0.235 e. The van der Waals surface area contributed by atoms with Crippen LogP contribution >= 0.6 is 11.8 Å². The molecule has 4 nitrogen and oxygen atoms in total. The first-order valence-electron chi connectivity index (χ1n) is 9.29. The first-order valence-corrected chi connectivity index (χ1v) is 10.3. The predicted octanol–water partition coefficient (Wildman–Crippen LogP) is 3.96. The number of pyridine rings is 1. The number of nitrogens with two attached hydrogens (primary N) is 1. The minimum atomic E-state index is -0.260. The molecular formula is C19H31N3OS. The van der Waals surface area contributed by atoms with Crippen molar-refractivity contribution in [1.29, 1.82) is 0 Å². The van der Waals surface area contributed by atoms with Crippen molar-refractivity contribution in [3.05, 3.63) is 30.1 Å². The molecule has 1 fully saturated rings. The summed E-state index contributed by atoms with van der Waals surface area (Å²) in [5, 5.41) is 3.49.